The fraction of sp³-hybridized carbons (Fsp3) is 0.583. The summed E-state index contributed by atoms with van der Waals surface area (Å²) in [5.41, 5.74) is 10.5. The second-order valence-electron chi connectivity index (χ2n) is 3.15. The first-order valence-corrected chi connectivity index (χ1v) is 5.92. The third kappa shape index (κ3) is 9.80. The molecule has 4 heteroatoms. The third-order valence-electron chi connectivity index (χ3n) is 2.24. The Bertz CT molecular complexity index is 225. The van der Waals surface area contributed by atoms with Crippen LogP contribution in [-0.2, 0) is 20.0 Å². The zero-order valence-electron chi connectivity index (χ0n) is 10.8. The second-order valence-corrected chi connectivity index (χ2v) is 3.15. The van der Waals surface area contributed by atoms with Crippen LogP contribution in [0.2, 0.25) is 0 Å². The Morgan fingerprint density at radius 3 is 1.62 bits per heavy atom. The van der Waals surface area contributed by atoms with Crippen molar-refractivity contribution in [3.63, 3.8) is 0 Å². The fourth-order valence-corrected chi connectivity index (χ4v) is 1.16. The Labute approximate surface area is 125 Å². The molecule has 0 aromatic heterocycles. The SMILES string of the molecule is CC1=[C-]C(C)C(C)=C1C.CC[NH-].Cl.Cl.[CH2]=[Ti+2]. The summed E-state index contributed by atoms with van der Waals surface area (Å²) in [7, 11) is 0. The van der Waals surface area contributed by atoms with E-state index in [-0.39, 0.29) is 24.8 Å². The summed E-state index contributed by atoms with van der Waals surface area (Å²) >= 11 is 1.75. The Hall–Kier alpha value is 0.604. The van der Waals surface area contributed by atoms with Crippen LogP contribution in [0.3, 0.4) is 0 Å². The Kier molecular flexibility index (Phi) is 24.8. The molecule has 0 spiro atoms. The summed E-state index contributed by atoms with van der Waals surface area (Å²) in [5, 5.41) is 0. The van der Waals surface area contributed by atoms with E-state index in [1.165, 1.54) is 16.7 Å². The molecule has 0 aromatic rings. The Balaban J connectivity index is -0.0000000907. The number of allylic oxidation sites excluding steroid dienone is 4. The van der Waals surface area contributed by atoms with Crippen LogP contribution in [0.5, 0.6) is 0 Å². The Morgan fingerprint density at radius 2 is 1.56 bits per heavy atom. The van der Waals surface area contributed by atoms with E-state index in [0.29, 0.717) is 12.5 Å². The standard InChI is InChI=1S/C9H13.C2H6N.CH2.2ClH.Ti/c1-6-5-7(2)9(4)8(6)3;1-2-3;;;;/h6H,1-4H3;3H,2H2,1H3;1H2;2*1H;/q2*-1;;;;+2. The minimum absolute atomic E-state index is 0. The minimum atomic E-state index is 0. The van der Waals surface area contributed by atoms with Gasteiger partial charge in [0.15, 0.2) is 0 Å². The van der Waals surface area contributed by atoms with Crippen molar-refractivity contribution in [2.24, 2.45) is 5.92 Å². The van der Waals surface area contributed by atoms with Crippen molar-refractivity contribution in [2.75, 3.05) is 6.54 Å². The van der Waals surface area contributed by atoms with Crippen LogP contribution in [0.25, 0.3) is 5.73 Å². The van der Waals surface area contributed by atoms with Gasteiger partial charge in [0.2, 0.25) is 0 Å². The quantitative estimate of drug-likeness (QED) is 0.461. The van der Waals surface area contributed by atoms with Crippen LogP contribution in [0.4, 0.5) is 0 Å². The molecule has 0 aromatic carbocycles. The summed E-state index contributed by atoms with van der Waals surface area (Å²) < 4.78 is 0. The van der Waals surface area contributed by atoms with Gasteiger partial charge in [0.05, 0.1) is 0 Å². The van der Waals surface area contributed by atoms with Crippen LogP contribution in [0, 0.1) is 12.0 Å². The van der Waals surface area contributed by atoms with Gasteiger partial charge in [-0.05, 0) is 0 Å². The molecule has 1 unspecified atom stereocenters. The molecule has 0 bridgehead atoms. The number of hydrogen-bond acceptors (Lipinski definition) is 0. The van der Waals surface area contributed by atoms with Gasteiger partial charge >= 0.3 is 24.8 Å². The molecule has 16 heavy (non-hydrogen) atoms. The molecule has 0 radical (unpaired) electrons. The molecule has 0 aliphatic heterocycles. The van der Waals surface area contributed by atoms with Gasteiger partial charge in [-0.3, -0.25) is 6.08 Å². The van der Waals surface area contributed by atoms with E-state index in [1.54, 1.807) is 26.9 Å². The van der Waals surface area contributed by atoms with Crippen LogP contribution in [-0.4, -0.2) is 11.4 Å². The van der Waals surface area contributed by atoms with Gasteiger partial charge in [-0.15, -0.1) is 31.7 Å². The van der Waals surface area contributed by atoms with E-state index in [4.69, 9.17) is 5.73 Å². The van der Waals surface area contributed by atoms with Gasteiger partial charge < -0.3 is 5.73 Å². The van der Waals surface area contributed by atoms with Crippen molar-refractivity contribution in [1.29, 1.82) is 0 Å². The van der Waals surface area contributed by atoms with Gasteiger partial charge in [-0.1, -0.05) is 33.6 Å². The molecule has 1 aliphatic rings. The van der Waals surface area contributed by atoms with Crippen molar-refractivity contribution in [3.8, 4) is 0 Å². The zero-order valence-corrected chi connectivity index (χ0v) is 14.0. The predicted molar refractivity (Wildman–Crippen MR) is 76.4 cm³/mol. The maximum atomic E-state index is 6.21. The van der Waals surface area contributed by atoms with Gasteiger partial charge in [0.25, 0.3) is 0 Å². The van der Waals surface area contributed by atoms with Crippen LogP contribution >= 0.6 is 24.8 Å². The molecule has 0 fully saturated rings. The second kappa shape index (κ2) is 15.6. The third-order valence-corrected chi connectivity index (χ3v) is 2.24. The average molecular weight is 300 g/mol. The van der Waals surface area contributed by atoms with Gasteiger partial charge in [-0.2, -0.15) is 17.7 Å². The topological polar surface area (TPSA) is 23.8 Å². The maximum absolute atomic E-state index is 6.21. The molecule has 94 valence electrons. The van der Waals surface area contributed by atoms with Gasteiger partial charge in [0, 0.05) is 0 Å². The van der Waals surface area contributed by atoms with Crippen molar-refractivity contribution >= 4 is 29.6 Å². The zero-order chi connectivity index (χ0) is 11.7. The fourth-order valence-electron chi connectivity index (χ4n) is 1.16. The van der Waals surface area contributed by atoms with Gasteiger partial charge in [0.1, 0.15) is 0 Å². The number of hydrogen-bond donors (Lipinski definition) is 0. The molecule has 0 saturated carbocycles. The molecule has 1 aliphatic carbocycles. The first-order valence-electron chi connectivity index (χ1n) is 4.82. The van der Waals surface area contributed by atoms with E-state index < -0.39 is 0 Å². The van der Waals surface area contributed by atoms with E-state index in [2.05, 4.69) is 38.6 Å². The first kappa shape index (κ1) is 25.4. The van der Waals surface area contributed by atoms with Crippen LogP contribution in [0.15, 0.2) is 16.7 Å². The van der Waals surface area contributed by atoms with E-state index >= 15 is 0 Å². The summed E-state index contributed by atoms with van der Waals surface area (Å²) in [5.74, 6) is 0.560. The monoisotopic (exact) mass is 299 g/mol. The van der Waals surface area contributed by atoms with E-state index in [9.17, 15) is 0 Å². The van der Waals surface area contributed by atoms with Gasteiger partial charge in [-0.25, -0.2) is 5.57 Å². The van der Waals surface area contributed by atoms with Crippen molar-refractivity contribution in [1.82, 2.24) is 0 Å². The van der Waals surface area contributed by atoms with E-state index in [0.717, 1.165) is 0 Å². The summed E-state index contributed by atoms with van der Waals surface area (Å²) in [6, 6.07) is 0. The average Bonchev–Trinajstić information content (AvgIpc) is 2.38. The number of rotatable bonds is 0. The van der Waals surface area contributed by atoms with Crippen LogP contribution < -0.4 is 0 Å². The van der Waals surface area contributed by atoms with Crippen molar-refractivity contribution < 1.29 is 20.0 Å². The van der Waals surface area contributed by atoms with Crippen LogP contribution in [0.1, 0.15) is 34.6 Å². The molecule has 1 atom stereocenters. The first-order chi connectivity index (χ1) is 6.54. The molecule has 1 N–H and O–H groups in total. The molecule has 0 amide bonds. The number of nitrogens with one attached hydrogen (secondary N) is 1. The van der Waals surface area contributed by atoms with Crippen molar-refractivity contribution in [2.45, 2.75) is 34.6 Å². The molecule has 0 saturated heterocycles. The van der Waals surface area contributed by atoms with E-state index in [1.807, 2.05) is 0 Å². The van der Waals surface area contributed by atoms with Crippen molar-refractivity contribution in [3.05, 3.63) is 28.5 Å². The normalized spacial score (nSPS) is 16.8. The number of halogens is 2. The summed E-state index contributed by atoms with van der Waals surface area (Å²) in [4.78, 5) is 3.25. The molecule has 0 heterocycles. The summed E-state index contributed by atoms with van der Waals surface area (Å²) in [6.07, 6.45) is 3.36. The molecular weight excluding hydrogens is 277 g/mol. The molecular formula is C12H23Cl2NTi. The summed E-state index contributed by atoms with van der Waals surface area (Å²) in [6.45, 7) is 11.0. The molecule has 1 nitrogen and oxygen atoms in total. The Morgan fingerprint density at radius 1 is 1.25 bits per heavy atom. The molecule has 1 rings (SSSR count). The predicted octanol–water partition coefficient (Wildman–Crippen LogP) is 4.59.